The lowest BCUT2D eigenvalue weighted by Crippen LogP contribution is -2.00. The van der Waals surface area contributed by atoms with Gasteiger partial charge in [0.25, 0.3) is 0 Å². The molecule has 4 aromatic carbocycles. The lowest BCUT2D eigenvalue weighted by molar-refractivity contribution is 0.163. The predicted molar refractivity (Wildman–Crippen MR) is 151 cm³/mol. The molecule has 0 saturated heterocycles. The largest absolute Gasteiger partial charge is 0.392 e. The van der Waals surface area contributed by atoms with Crippen LogP contribution in [0, 0.1) is 13.8 Å². The SMILES string of the molecule is Cc1ccc([C@@H](O)CCCCc2ccc(Nc3ccc(C)c(-c4ccccc4)c3)cc2)cc1CO.N. The van der Waals surface area contributed by atoms with E-state index in [4.69, 9.17) is 0 Å². The highest BCUT2D eigenvalue weighted by molar-refractivity contribution is 5.73. The van der Waals surface area contributed by atoms with Crippen LogP contribution in [0.3, 0.4) is 0 Å². The Kier molecular flexibility index (Phi) is 9.83. The van der Waals surface area contributed by atoms with Gasteiger partial charge in [-0.25, -0.2) is 0 Å². The molecular formula is C32H38N2O2. The molecule has 36 heavy (non-hydrogen) atoms. The van der Waals surface area contributed by atoms with Crippen LogP contribution in [0.15, 0.2) is 91.0 Å². The first-order valence-corrected chi connectivity index (χ1v) is 12.4. The minimum absolute atomic E-state index is 0. The standard InChI is InChI=1S/C32H35NO2.H3N/c1-23-12-16-27(20-28(23)22-34)32(35)11-7-6-8-25-14-18-29(19-15-25)33-30-17-13-24(2)31(21-30)26-9-4-3-5-10-26;/h3-5,9-10,12-21,32-35H,6-8,11,22H2,1-2H3;1H3/t32-;/m0./s1. The van der Waals surface area contributed by atoms with Gasteiger partial charge in [0.2, 0.25) is 0 Å². The molecule has 0 amide bonds. The molecule has 0 spiro atoms. The number of rotatable bonds is 10. The van der Waals surface area contributed by atoms with Crippen molar-refractivity contribution in [2.75, 3.05) is 5.32 Å². The van der Waals surface area contributed by atoms with Crippen molar-refractivity contribution >= 4 is 11.4 Å². The first-order chi connectivity index (χ1) is 17.0. The van der Waals surface area contributed by atoms with Crippen LogP contribution in [-0.4, -0.2) is 10.2 Å². The van der Waals surface area contributed by atoms with Gasteiger partial charge in [0.05, 0.1) is 12.7 Å². The van der Waals surface area contributed by atoms with E-state index in [-0.39, 0.29) is 12.8 Å². The molecule has 1 atom stereocenters. The van der Waals surface area contributed by atoms with Crippen molar-refractivity contribution in [3.63, 3.8) is 0 Å². The second-order valence-electron chi connectivity index (χ2n) is 9.32. The second-order valence-corrected chi connectivity index (χ2v) is 9.32. The van der Waals surface area contributed by atoms with Crippen LogP contribution in [0.5, 0.6) is 0 Å². The molecule has 0 saturated carbocycles. The van der Waals surface area contributed by atoms with Crippen molar-refractivity contribution in [3.05, 3.63) is 119 Å². The molecule has 0 unspecified atom stereocenters. The highest BCUT2D eigenvalue weighted by Crippen LogP contribution is 2.28. The van der Waals surface area contributed by atoms with E-state index in [1.54, 1.807) is 0 Å². The van der Waals surface area contributed by atoms with Crippen LogP contribution < -0.4 is 11.5 Å². The summed E-state index contributed by atoms with van der Waals surface area (Å²) in [6.07, 6.45) is 3.22. The Bertz CT molecular complexity index is 1240. The predicted octanol–water partition coefficient (Wildman–Crippen LogP) is 7.81. The van der Waals surface area contributed by atoms with Crippen molar-refractivity contribution in [3.8, 4) is 11.1 Å². The highest BCUT2D eigenvalue weighted by atomic mass is 16.3. The fourth-order valence-corrected chi connectivity index (χ4v) is 4.45. The smallest absolute Gasteiger partial charge is 0.0790 e. The Morgan fingerprint density at radius 2 is 1.44 bits per heavy atom. The van der Waals surface area contributed by atoms with Crippen LogP contribution in [-0.2, 0) is 13.0 Å². The Morgan fingerprint density at radius 3 is 2.17 bits per heavy atom. The Hall–Kier alpha value is -3.44. The molecule has 0 aliphatic carbocycles. The Balaban J connectivity index is 0.00000361. The van der Waals surface area contributed by atoms with Gasteiger partial charge < -0.3 is 21.7 Å². The zero-order chi connectivity index (χ0) is 24.6. The monoisotopic (exact) mass is 482 g/mol. The van der Waals surface area contributed by atoms with E-state index < -0.39 is 6.10 Å². The molecule has 0 bridgehead atoms. The van der Waals surface area contributed by atoms with E-state index in [1.807, 2.05) is 31.2 Å². The van der Waals surface area contributed by atoms with E-state index in [0.29, 0.717) is 0 Å². The zero-order valence-corrected chi connectivity index (χ0v) is 21.4. The summed E-state index contributed by atoms with van der Waals surface area (Å²) in [5.41, 5.74) is 10.0. The summed E-state index contributed by atoms with van der Waals surface area (Å²) in [5, 5.41) is 23.5. The minimum atomic E-state index is -0.484. The minimum Gasteiger partial charge on any atom is -0.392 e. The third-order valence-corrected chi connectivity index (χ3v) is 6.69. The molecule has 4 rings (SSSR count). The lowest BCUT2D eigenvalue weighted by Gasteiger charge is -2.13. The number of unbranched alkanes of at least 4 members (excludes halogenated alkanes) is 1. The highest BCUT2D eigenvalue weighted by Gasteiger charge is 2.09. The van der Waals surface area contributed by atoms with Gasteiger partial charge in [-0.3, -0.25) is 0 Å². The van der Waals surface area contributed by atoms with Crippen LogP contribution in [0.4, 0.5) is 11.4 Å². The van der Waals surface area contributed by atoms with Gasteiger partial charge in [-0.15, -0.1) is 0 Å². The third-order valence-electron chi connectivity index (χ3n) is 6.69. The first kappa shape index (κ1) is 27.2. The average Bonchev–Trinajstić information content (AvgIpc) is 2.89. The normalized spacial score (nSPS) is 11.6. The maximum atomic E-state index is 10.5. The van der Waals surface area contributed by atoms with Crippen molar-refractivity contribution in [2.45, 2.75) is 52.2 Å². The molecule has 0 radical (unpaired) electrons. The van der Waals surface area contributed by atoms with Gasteiger partial charge in [-0.2, -0.15) is 0 Å². The van der Waals surface area contributed by atoms with Crippen molar-refractivity contribution < 1.29 is 10.2 Å². The number of aliphatic hydroxyl groups excluding tert-OH is 2. The summed E-state index contributed by atoms with van der Waals surface area (Å²) in [6.45, 7) is 4.13. The number of anilines is 2. The van der Waals surface area contributed by atoms with Crippen LogP contribution in [0.2, 0.25) is 0 Å². The maximum absolute atomic E-state index is 10.5. The van der Waals surface area contributed by atoms with Gasteiger partial charge in [-0.1, -0.05) is 73.2 Å². The third kappa shape index (κ3) is 7.05. The number of nitrogens with one attached hydrogen (secondary N) is 1. The summed E-state index contributed by atoms with van der Waals surface area (Å²) < 4.78 is 0. The molecule has 4 nitrogen and oxygen atoms in total. The summed E-state index contributed by atoms with van der Waals surface area (Å²) in [7, 11) is 0. The van der Waals surface area contributed by atoms with Crippen molar-refractivity contribution in [2.24, 2.45) is 0 Å². The van der Waals surface area contributed by atoms with Crippen LogP contribution in [0.25, 0.3) is 11.1 Å². The molecule has 188 valence electrons. The second kappa shape index (κ2) is 13.0. The topological polar surface area (TPSA) is 87.5 Å². The zero-order valence-electron chi connectivity index (χ0n) is 21.4. The molecule has 0 aliphatic heterocycles. The van der Waals surface area contributed by atoms with E-state index in [9.17, 15) is 10.2 Å². The van der Waals surface area contributed by atoms with Gasteiger partial charge in [0.15, 0.2) is 0 Å². The van der Waals surface area contributed by atoms with Crippen molar-refractivity contribution in [1.82, 2.24) is 6.15 Å². The average molecular weight is 483 g/mol. The van der Waals surface area contributed by atoms with Gasteiger partial charge in [0, 0.05) is 11.4 Å². The van der Waals surface area contributed by atoms with Gasteiger partial charge >= 0.3 is 0 Å². The Labute approximate surface area is 215 Å². The molecule has 4 heteroatoms. The number of benzene rings is 4. The van der Waals surface area contributed by atoms with Crippen LogP contribution >= 0.6 is 0 Å². The molecular weight excluding hydrogens is 444 g/mol. The number of aryl methyl sites for hydroxylation is 3. The van der Waals surface area contributed by atoms with E-state index >= 15 is 0 Å². The first-order valence-electron chi connectivity index (χ1n) is 12.4. The van der Waals surface area contributed by atoms with Crippen molar-refractivity contribution in [1.29, 1.82) is 0 Å². The summed E-state index contributed by atoms with van der Waals surface area (Å²) in [5.74, 6) is 0. The van der Waals surface area contributed by atoms with E-state index in [2.05, 4.69) is 79.0 Å². The lowest BCUT2D eigenvalue weighted by atomic mass is 9.98. The maximum Gasteiger partial charge on any atom is 0.0790 e. The van der Waals surface area contributed by atoms with E-state index in [0.717, 1.165) is 53.7 Å². The molecule has 0 aromatic heterocycles. The van der Waals surface area contributed by atoms with Gasteiger partial charge in [-0.05, 0) is 96.3 Å². The molecule has 6 N–H and O–H groups in total. The van der Waals surface area contributed by atoms with Crippen LogP contribution in [0.1, 0.15) is 53.2 Å². The summed E-state index contributed by atoms with van der Waals surface area (Å²) >= 11 is 0. The number of hydrogen-bond donors (Lipinski definition) is 4. The molecule has 0 heterocycles. The quantitative estimate of drug-likeness (QED) is 0.174. The number of aliphatic hydroxyl groups is 2. The fourth-order valence-electron chi connectivity index (χ4n) is 4.45. The van der Waals surface area contributed by atoms with E-state index in [1.165, 1.54) is 22.3 Å². The summed E-state index contributed by atoms with van der Waals surface area (Å²) in [6, 6.07) is 31.5. The number of hydrogen-bond acceptors (Lipinski definition) is 4. The molecule has 0 fully saturated rings. The summed E-state index contributed by atoms with van der Waals surface area (Å²) in [4.78, 5) is 0. The van der Waals surface area contributed by atoms with Gasteiger partial charge in [0.1, 0.15) is 0 Å². The Morgan fingerprint density at radius 1 is 0.750 bits per heavy atom. The molecule has 4 aromatic rings. The molecule has 0 aliphatic rings. The fraction of sp³-hybridized carbons (Fsp3) is 0.250.